The molecule has 0 heterocycles. The number of anilines is 1. The van der Waals surface area contributed by atoms with Crippen LogP contribution in [0, 0.1) is 11.7 Å². The standard InChI is InChI=1S/C22H25FN2O3/c23-18-11-6-12-19(28-17-9-2-1-3-10-17)22(18)25-21(27)15-24-20(26)14-13-16-7-4-5-8-16/h1-3,6,9-12,16H,4-5,7-8,13-15H2,(H,24,26)(H,25,27). The number of hydrogen-bond acceptors (Lipinski definition) is 3. The van der Waals surface area contributed by atoms with Crippen molar-refractivity contribution in [2.24, 2.45) is 5.92 Å². The zero-order valence-electron chi connectivity index (χ0n) is 15.7. The van der Waals surface area contributed by atoms with Gasteiger partial charge >= 0.3 is 0 Å². The predicted molar refractivity (Wildman–Crippen MR) is 106 cm³/mol. The molecule has 148 valence electrons. The third-order valence-corrected chi connectivity index (χ3v) is 4.91. The number of benzene rings is 2. The summed E-state index contributed by atoms with van der Waals surface area (Å²) in [6.07, 6.45) is 6.13. The van der Waals surface area contributed by atoms with Gasteiger partial charge in [0.1, 0.15) is 11.4 Å². The van der Waals surface area contributed by atoms with Crippen molar-refractivity contribution >= 4 is 17.5 Å². The van der Waals surface area contributed by atoms with Gasteiger partial charge in [0, 0.05) is 6.42 Å². The lowest BCUT2D eigenvalue weighted by atomic mass is 10.0. The van der Waals surface area contributed by atoms with Gasteiger partial charge < -0.3 is 15.4 Å². The smallest absolute Gasteiger partial charge is 0.243 e. The molecule has 0 aromatic heterocycles. The Bertz CT molecular complexity index is 805. The first-order chi connectivity index (χ1) is 13.6. The van der Waals surface area contributed by atoms with Crippen LogP contribution in [-0.4, -0.2) is 18.4 Å². The van der Waals surface area contributed by atoms with Crippen molar-refractivity contribution in [3.05, 3.63) is 54.3 Å². The Balaban J connectivity index is 1.52. The summed E-state index contributed by atoms with van der Waals surface area (Å²) in [5.74, 6) is 0.0921. The molecule has 0 radical (unpaired) electrons. The van der Waals surface area contributed by atoms with Crippen molar-refractivity contribution < 1.29 is 18.7 Å². The van der Waals surface area contributed by atoms with E-state index in [1.54, 1.807) is 30.3 Å². The number of rotatable bonds is 8. The van der Waals surface area contributed by atoms with E-state index in [1.165, 1.54) is 37.8 Å². The highest BCUT2D eigenvalue weighted by Gasteiger charge is 2.17. The van der Waals surface area contributed by atoms with Crippen molar-refractivity contribution in [2.75, 3.05) is 11.9 Å². The fourth-order valence-corrected chi connectivity index (χ4v) is 3.41. The number of amides is 2. The summed E-state index contributed by atoms with van der Waals surface area (Å²) in [6, 6.07) is 13.2. The maximum absolute atomic E-state index is 14.2. The fourth-order valence-electron chi connectivity index (χ4n) is 3.41. The fraction of sp³-hybridized carbons (Fsp3) is 0.364. The lowest BCUT2D eigenvalue weighted by Gasteiger charge is -2.13. The van der Waals surface area contributed by atoms with Crippen molar-refractivity contribution in [1.82, 2.24) is 5.32 Å². The maximum Gasteiger partial charge on any atom is 0.243 e. The number of carbonyl (C=O) groups is 2. The molecule has 1 aliphatic carbocycles. The van der Waals surface area contributed by atoms with Crippen molar-refractivity contribution in [3.63, 3.8) is 0 Å². The number of ether oxygens (including phenoxy) is 1. The van der Waals surface area contributed by atoms with E-state index in [1.807, 2.05) is 6.07 Å². The van der Waals surface area contributed by atoms with Crippen molar-refractivity contribution in [3.8, 4) is 11.5 Å². The van der Waals surface area contributed by atoms with E-state index in [9.17, 15) is 14.0 Å². The molecule has 1 fully saturated rings. The highest BCUT2D eigenvalue weighted by molar-refractivity contribution is 5.95. The maximum atomic E-state index is 14.2. The van der Waals surface area contributed by atoms with Gasteiger partial charge in [-0.05, 0) is 36.6 Å². The Labute approximate surface area is 164 Å². The summed E-state index contributed by atoms with van der Waals surface area (Å²) in [7, 11) is 0. The van der Waals surface area contributed by atoms with Gasteiger partial charge in [0.25, 0.3) is 0 Å². The second-order valence-electron chi connectivity index (χ2n) is 7.04. The molecule has 1 saturated carbocycles. The first kappa shape index (κ1) is 19.9. The molecule has 0 spiro atoms. The van der Waals surface area contributed by atoms with E-state index >= 15 is 0 Å². The zero-order valence-corrected chi connectivity index (χ0v) is 15.7. The van der Waals surface area contributed by atoms with Crippen LogP contribution in [0.4, 0.5) is 10.1 Å². The number of carbonyl (C=O) groups excluding carboxylic acids is 2. The van der Waals surface area contributed by atoms with Crippen LogP contribution in [0.5, 0.6) is 11.5 Å². The molecule has 0 aliphatic heterocycles. The van der Waals surface area contributed by atoms with Crippen LogP contribution in [0.1, 0.15) is 38.5 Å². The van der Waals surface area contributed by atoms with E-state index in [4.69, 9.17) is 4.74 Å². The molecular weight excluding hydrogens is 359 g/mol. The summed E-state index contributed by atoms with van der Waals surface area (Å²) < 4.78 is 19.9. The third kappa shape index (κ3) is 5.81. The molecule has 28 heavy (non-hydrogen) atoms. The second-order valence-corrected chi connectivity index (χ2v) is 7.04. The molecule has 5 nitrogen and oxygen atoms in total. The van der Waals surface area contributed by atoms with E-state index in [0.717, 1.165) is 6.42 Å². The van der Waals surface area contributed by atoms with Crippen LogP contribution in [0.2, 0.25) is 0 Å². The topological polar surface area (TPSA) is 67.4 Å². The molecule has 2 N–H and O–H groups in total. The number of nitrogens with one attached hydrogen (secondary N) is 2. The monoisotopic (exact) mass is 384 g/mol. The first-order valence-electron chi connectivity index (χ1n) is 9.70. The Morgan fingerprint density at radius 2 is 1.75 bits per heavy atom. The van der Waals surface area contributed by atoms with Gasteiger partial charge in [-0.2, -0.15) is 0 Å². The van der Waals surface area contributed by atoms with Gasteiger partial charge in [-0.15, -0.1) is 0 Å². The van der Waals surface area contributed by atoms with Gasteiger partial charge in [0.05, 0.1) is 6.54 Å². The summed E-state index contributed by atoms with van der Waals surface area (Å²) >= 11 is 0. The Kier molecular flexibility index (Phi) is 7.00. The minimum atomic E-state index is -0.602. The molecule has 3 rings (SSSR count). The molecular formula is C22H25FN2O3. The lowest BCUT2D eigenvalue weighted by molar-refractivity contribution is -0.124. The molecule has 0 saturated heterocycles. The second kappa shape index (κ2) is 9.88. The molecule has 1 aliphatic rings. The zero-order chi connectivity index (χ0) is 19.8. The van der Waals surface area contributed by atoms with E-state index < -0.39 is 11.7 Å². The quantitative estimate of drug-likeness (QED) is 0.697. The van der Waals surface area contributed by atoms with Gasteiger partial charge in [-0.1, -0.05) is 49.9 Å². The molecule has 6 heteroatoms. The van der Waals surface area contributed by atoms with Gasteiger partial charge in [0.15, 0.2) is 11.6 Å². The van der Waals surface area contributed by atoms with Crippen molar-refractivity contribution in [2.45, 2.75) is 38.5 Å². The Hall–Kier alpha value is -2.89. The van der Waals surface area contributed by atoms with Crippen LogP contribution in [0.3, 0.4) is 0 Å². The van der Waals surface area contributed by atoms with Crippen LogP contribution in [0.15, 0.2) is 48.5 Å². The normalized spacial score (nSPS) is 13.9. The molecule has 0 atom stereocenters. The average molecular weight is 384 g/mol. The lowest BCUT2D eigenvalue weighted by Crippen LogP contribution is -2.33. The van der Waals surface area contributed by atoms with Gasteiger partial charge in [0.2, 0.25) is 11.8 Å². The molecule has 0 bridgehead atoms. The molecule has 0 unspecified atom stereocenters. The summed E-state index contributed by atoms with van der Waals surface area (Å²) in [6.45, 7) is -0.206. The van der Waals surface area contributed by atoms with Gasteiger partial charge in [-0.3, -0.25) is 9.59 Å². The number of halogens is 1. The molecule has 2 aromatic carbocycles. The Morgan fingerprint density at radius 3 is 2.50 bits per heavy atom. The van der Waals surface area contributed by atoms with Gasteiger partial charge in [-0.25, -0.2) is 4.39 Å². The summed E-state index contributed by atoms with van der Waals surface area (Å²) in [5.41, 5.74) is -0.0449. The van der Waals surface area contributed by atoms with E-state index in [0.29, 0.717) is 18.1 Å². The minimum absolute atomic E-state index is 0.0449. The SMILES string of the molecule is O=C(CCC1CCCC1)NCC(=O)Nc1c(F)cccc1Oc1ccccc1. The number of hydrogen-bond donors (Lipinski definition) is 2. The van der Waals surface area contributed by atoms with Crippen LogP contribution in [0.25, 0.3) is 0 Å². The van der Waals surface area contributed by atoms with Crippen molar-refractivity contribution in [1.29, 1.82) is 0 Å². The van der Waals surface area contributed by atoms with Crippen LogP contribution < -0.4 is 15.4 Å². The van der Waals surface area contributed by atoms with E-state index in [-0.39, 0.29) is 23.9 Å². The van der Waals surface area contributed by atoms with Crippen LogP contribution >= 0.6 is 0 Å². The predicted octanol–water partition coefficient (Wildman–Crippen LogP) is 4.64. The van der Waals surface area contributed by atoms with E-state index in [2.05, 4.69) is 10.6 Å². The van der Waals surface area contributed by atoms with Crippen LogP contribution in [-0.2, 0) is 9.59 Å². The molecule has 2 aromatic rings. The highest BCUT2D eigenvalue weighted by atomic mass is 19.1. The largest absolute Gasteiger partial charge is 0.455 e. The average Bonchev–Trinajstić information content (AvgIpc) is 3.22. The highest BCUT2D eigenvalue weighted by Crippen LogP contribution is 2.31. The summed E-state index contributed by atoms with van der Waals surface area (Å²) in [4.78, 5) is 24.1. The number of para-hydroxylation sites is 2. The third-order valence-electron chi connectivity index (χ3n) is 4.91. The Morgan fingerprint density at radius 1 is 1.00 bits per heavy atom. The first-order valence-corrected chi connectivity index (χ1v) is 9.70. The minimum Gasteiger partial charge on any atom is -0.455 e. The summed E-state index contributed by atoms with van der Waals surface area (Å²) in [5, 5.41) is 5.10. The molecule has 2 amide bonds.